The third-order valence-electron chi connectivity index (χ3n) is 4.94. The number of ether oxygens (including phenoxy) is 3. The Morgan fingerprint density at radius 3 is 2.66 bits per heavy atom. The molecule has 1 atom stereocenters. The van der Waals surface area contributed by atoms with Gasteiger partial charge in [-0.25, -0.2) is 5.48 Å². The van der Waals surface area contributed by atoms with Crippen LogP contribution >= 0.6 is 0 Å². The van der Waals surface area contributed by atoms with Gasteiger partial charge < -0.3 is 14.4 Å². The van der Waals surface area contributed by atoms with Crippen LogP contribution in [0.25, 0.3) is 0 Å². The summed E-state index contributed by atoms with van der Waals surface area (Å²) in [4.78, 5) is 26.0. The van der Waals surface area contributed by atoms with E-state index in [0.717, 1.165) is 0 Å². The summed E-state index contributed by atoms with van der Waals surface area (Å²) in [5.74, 6) is -1.13. The molecule has 3 rings (SSSR count). The van der Waals surface area contributed by atoms with Gasteiger partial charge >= 0.3 is 6.36 Å². The number of halogens is 3. The predicted octanol–water partition coefficient (Wildman–Crippen LogP) is 1.86. The van der Waals surface area contributed by atoms with Crippen molar-refractivity contribution in [3.8, 4) is 5.75 Å². The second kappa shape index (κ2) is 8.97. The van der Waals surface area contributed by atoms with Crippen molar-refractivity contribution in [2.75, 3.05) is 26.4 Å². The summed E-state index contributed by atoms with van der Waals surface area (Å²) in [5, 5.41) is 8.77. The first kappa shape index (κ1) is 21.3. The average molecular weight is 418 g/mol. The first-order chi connectivity index (χ1) is 13.8. The van der Waals surface area contributed by atoms with Gasteiger partial charge in [-0.1, -0.05) is 6.07 Å². The van der Waals surface area contributed by atoms with Gasteiger partial charge in [-0.15, -0.1) is 13.2 Å². The van der Waals surface area contributed by atoms with Crippen LogP contribution in [0.5, 0.6) is 5.75 Å². The highest BCUT2D eigenvalue weighted by Crippen LogP contribution is 2.30. The number of nitrogens with one attached hydrogen (secondary N) is 1. The number of carbonyl (C=O) groups excluding carboxylic acids is 2. The Kier molecular flexibility index (Phi) is 6.60. The van der Waals surface area contributed by atoms with Crippen LogP contribution in [-0.4, -0.2) is 60.8 Å². The fourth-order valence-electron chi connectivity index (χ4n) is 3.38. The summed E-state index contributed by atoms with van der Waals surface area (Å²) in [6, 6.07) is 3.37. The maximum absolute atomic E-state index is 13.1. The zero-order valence-corrected chi connectivity index (χ0v) is 15.4. The van der Waals surface area contributed by atoms with Crippen molar-refractivity contribution in [1.29, 1.82) is 0 Å². The lowest BCUT2D eigenvalue weighted by Gasteiger charge is -2.33. The summed E-state index contributed by atoms with van der Waals surface area (Å²) >= 11 is 0. The minimum Gasteiger partial charge on any atom is -0.491 e. The Morgan fingerprint density at radius 1 is 1.28 bits per heavy atom. The van der Waals surface area contributed by atoms with Crippen LogP contribution in [0.2, 0.25) is 0 Å². The second-order valence-corrected chi connectivity index (χ2v) is 6.84. The molecule has 8 nitrogen and oxygen atoms in total. The highest BCUT2D eigenvalue weighted by molar-refractivity contribution is 5.93. The second-order valence-electron chi connectivity index (χ2n) is 6.84. The molecule has 0 aliphatic carbocycles. The van der Waals surface area contributed by atoms with Gasteiger partial charge in [0.15, 0.2) is 0 Å². The molecule has 1 fully saturated rings. The molecule has 2 heterocycles. The number of rotatable bonds is 4. The Hall–Kier alpha value is -2.37. The highest BCUT2D eigenvalue weighted by atomic mass is 19.4. The monoisotopic (exact) mass is 418 g/mol. The predicted molar refractivity (Wildman–Crippen MR) is 91.1 cm³/mol. The van der Waals surface area contributed by atoms with Gasteiger partial charge in [-0.05, 0) is 25.0 Å². The van der Waals surface area contributed by atoms with Gasteiger partial charge in [-0.2, -0.15) is 0 Å². The molecule has 1 saturated heterocycles. The van der Waals surface area contributed by atoms with Crippen LogP contribution < -0.4 is 10.2 Å². The van der Waals surface area contributed by atoms with Gasteiger partial charge in [0.05, 0.1) is 12.6 Å². The quantitative estimate of drug-likeness (QED) is 0.572. The minimum atomic E-state index is -4.83. The smallest absolute Gasteiger partial charge is 0.491 e. The lowest BCUT2D eigenvalue weighted by atomic mass is 9.97. The number of amides is 2. The molecule has 29 heavy (non-hydrogen) atoms. The molecule has 0 spiro atoms. The van der Waals surface area contributed by atoms with Crippen LogP contribution in [-0.2, 0) is 20.8 Å². The molecule has 0 aromatic heterocycles. The molecular weight excluding hydrogens is 397 g/mol. The van der Waals surface area contributed by atoms with Crippen molar-refractivity contribution < 1.29 is 42.2 Å². The van der Waals surface area contributed by atoms with E-state index in [1.54, 1.807) is 0 Å². The van der Waals surface area contributed by atoms with Gasteiger partial charge in [-0.3, -0.25) is 19.5 Å². The Labute approximate surface area is 164 Å². The highest BCUT2D eigenvalue weighted by Gasteiger charge is 2.37. The van der Waals surface area contributed by atoms with Crippen LogP contribution in [0.1, 0.15) is 28.8 Å². The molecule has 2 aliphatic heterocycles. The summed E-state index contributed by atoms with van der Waals surface area (Å²) < 4.78 is 52.6. The number of benzene rings is 1. The standard InChI is InChI=1S/C18H21F3N2O6/c19-18(20,21)29-10-14-9-28-15-7-12(16(24)22-26)1-2-13(15)8-23(14)17(25)11-3-5-27-6-4-11/h1-2,7,11,14,26H,3-6,8-10H2,(H,22,24). The third-order valence-corrected chi connectivity index (χ3v) is 4.94. The number of nitrogens with zero attached hydrogens (tertiary/aromatic N) is 1. The van der Waals surface area contributed by atoms with Gasteiger partial charge in [0.2, 0.25) is 5.91 Å². The fourth-order valence-corrected chi connectivity index (χ4v) is 3.38. The van der Waals surface area contributed by atoms with Crippen molar-refractivity contribution in [3.05, 3.63) is 29.3 Å². The Balaban J connectivity index is 1.85. The van der Waals surface area contributed by atoms with E-state index in [2.05, 4.69) is 4.74 Å². The number of fused-ring (bicyclic) bond motifs is 1. The topological polar surface area (TPSA) is 97.3 Å². The molecule has 0 radical (unpaired) electrons. The summed E-state index contributed by atoms with van der Waals surface area (Å²) in [7, 11) is 0. The average Bonchev–Trinajstić information content (AvgIpc) is 2.90. The molecule has 0 bridgehead atoms. The zero-order valence-electron chi connectivity index (χ0n) is 15.4. The first-order valence-electron chi connectivity index (χ1n) is 9.07. The summed E-state index contributed by atoms with van der Waals surface area (Å²) in [6.45, 7) is -0.154. The third kappa shape index (κ3) is 5.37. The molecule has 160 valence electrons. The van der Waals surface area contributed by atoms with Crippen molar-refractivity contribution in [2.45, 2.75) is 31.8 Å². The maximum Gasteiger partial charge on any atom is 0.522 e. The fraction of sp³-hybridized carbons (Fsp3) is 0.556. The van der Waals surface area contributed by atoms with E-state index in [1.165, 1.54) is 28.6 Å². The van der Waals surface area contributed by atoms with Crippen LogP contribution in [0.3, 0.4) is 0 Å². The SMILES string of the molecule is O=C(NO)c1ccc2c(c1)OCC(COC(F)(F)F)N(C(=O)C1CCOCC1)C2. The number of hydrogen-bond acceptors (Lipinski definition) is 6. The van der Waals surface area contributed by atoms with Crippen LogP contribution in [0.15, 0.2) is 18.2 Å². The van der Waals surface area contributed by atoms with Crippen LogP contribution in [0, 0.1) is 5.92 Å². The van der Waals surface area contributed by atoms with Crippen LogP contribution in [0.4, 0.5) is 13.2 Å². The van der Waals surface area contributed by atoms with E-state index in [-0.39, 0.29) is 36.3 Å². The van der Waals surface area contributed by atoms with Crippen molar-refractivity contribution in [3.63, 3.8) is 0 Å². The number of hydroxylamine groups is 1. The zero-order chi connectivity index (χ0) is 21.0. The van der Waals surface area contributed by atoms with Gasteiger partial charge in [0.1, 0.15) is 12.4 Å². The Bertz CT molecular complexity index is 752. The van der Waals surface area contributed by atoms with Crippen molar-refractivity contribution in [2.24, 2.45) is 5.92 Å². The number of hydrogen-bond donors (Lipinski definition) is 2. The van der Waals surface area contributed by atoms with E-state index in [1.807, 2.05) is 0 Å². The molecule has 1 aromatic rings. The van der Waals surface area contributed by atoms with E-state index < -0.39 is 24.9 Å². The first-order valence-corrected chi connectivity index (χ1v) is 9.07. The maximum atomic E-state index is 13.1. The molecule has 0 saturated carbocycles. The normalized spacial score (nSPS) is 20.4. The van der Waals surface area contributed by atoms with Crippen molar-refractivity contribution in [1.82, 2.24) is 10.4 Å². The summed E-state index contributed by atoms with van der Waals surface area (Å²) in [5.41, 5.74) is 2.15. The molecule has 11 heteroatoms. The van der Waals surface area contributed by atoms with E-state index >= 15 is 0 Å². The molecule has 2 N–H and O–H groups in total. The minimum absolute atomic E-state index is 0.0123. The largest absolute Gasteiger partial charge is 0.522 e. The lowest BCUT2D eigenvalue weighted by molar-refractivity contribution is -0.328. The lowest BCUT2D eigenvalue weighted by Crippen LogP contribution is -2.48. The van der Waals surface area contributed by atoms with Gasteiger partial charge in [0.25, 0.3) is 5.91 Å². The number of carbonyl (C=O) groups is 2. The molecule has 1 aromatic carbocycles. The van der Waals surface area contributed by atoms with Crippen molar-refractivity contribution >= 4 is 11.8 Å². The van der Waals surface area contributed by atoms with Gasteiger partial charge in [0, 0.05) is 36.8 Å². The summed E-state index contributed by atoms with van der Waals surface area (Å²) in [6.07, 6.45) is -3.85. The molecule has 2 amide bonds. The molecule has 1 unspecified atom stereocenters. The van der Waals surface area contributed by atoms with E-state index in [4.69, 9.17) is 14.7 Å². The van der Waals surface area contributed by atoms with E-state index in [9.17, 15) is 22.8 Å². The Morgan fingerprint density at radius 2 is 2.00 bits per heavy atom. The number of alkyl halides is 3. The molecule has 2 aliphatic rings. The van der Waals surface area contributed by atoms with E-state index in [0.29, 0.717) is 31.6 Å². The molecular formula is C18H21F3N2O6.